The Bertz CT molecular complexity index is 1380. The van der Waals surface area contributed by atoms with Gasteiger partial charge in [-0.05, 0) is 36.1 Å². The Morgan fingerprint density at radius 1 is 1.14 bits per heavy atom. The summed E-state index contributed by atoms with van der Waals surface area (Å²) in [4.78, 5) is 29.9. The average Bonchev–Trinajstić information content (AvgIpc) is 3.00. The Hall–Kier alpha value is -3.90. The maximum absolute atomic E-state index is 13.1. The number of halogens is 3. The smallest absolute Gasteiger partial charge is 0.389 e. The van der Waals surface area contributed by atoms with Crippen molar-refractivity contribution in [1.82, 2.24) is 10.3 Å². The molecule has 0 spiro atoms. The van der Waals surface area contributed by atoms with Gasteiger partial charge in [0.15, 0.2) is 23.2 Å². The van der Waals surface area contributed by atoms with Crippen LogP contribution in [0.25, 0.3) is 10.8 Å². The van der Waals surface area contributed by atoms with E-state index in [9.17, 15) is 27.9 Å². The lowest BCUT2D eigenvalue weighted by molar-refractivity contribution is -0.161. The molecule has 1 saturated heterocycles. The zero-order valence-corrected chi connectivity index (χ0v) is 23.2. The summed E-state index contributed by atoms with van der Waals surface area (Å²) in [6.07, 6.45) is -5.54. The predicted octanol–water partition coefficient (Wildman–Crippen LogP) is 4.60. The second-order valence-electron chi connectivity index (χ2n) is 10.1. The standard InChI is InChI=1S/C30H33F3N2O7/c1-18-27(41-14-6-12-30(31,32)33)21(15-20-9-5-8-19-7-3-4-10-22(19)20)16-40-17-23(29(38)42-18)35-28(37)25-26(36)24(39-2)11-13-34-25/h3-5,7-11,13,18,21,23,27,36H,6,12,14-17H2,1-2H3,(H,35,37). The molecule has 1 aromatic heterocycles. The van der Waals surface area contributed by atoms with Gasteiger partial charge >= 0.3 is 12.1 Å². The van der Waals surface area contributed by atoms with E-state index in [2.05, 4.69) is 10.3 Å². The summed E-state index contributed by atoms with van der Waals surface area (Å²) in [6.45, 7) is 1.22. The molecule has 3 aromatic rings. The first-order valence-electron chi connectivity index (χ1n) is 13.5. The fourth-order valence-electron chi connectivity index (χ4n) is 5.00. The number of alkyl halides is 3. The van der Waals surface area contributed by atoms with E-state index in [0.29, 0.717) is 6.42 Å². The van der Waals surface area contributed by atoms with E-state index < -0.39 is 54.4 Å². The molecule has 1 aliphatic rings. The normalized spacial score (nSPS) is 21.6. The number of carbonyl (C=O) groups excluding carboxylic acids is 2. The number of aromatic nitrogens is 1. The van der Waals surface area contributed by atoms with Crippen LogP contribution in [0.1, 0.15) is 35.8 Å². The zero-order valence-electron chi connectivity index (χ0n) is 23.2. The predicted molar refractivity (Wildman–Crippen MR) is 146 cm³/mol. The molecule has 0 aliphatic carbocycles. The fraction of sp³-hybridized carbons (Fsp3) is 0.433. The highest BCUT2D eigenvalue weighted by Gasteiger charge is 2.36. The highest BCUT2D eigenvalue weighted by Crippen LogP contribution is 2.29. The number of amides is 1. The second-order valence-corrected chi connectivity index (χ2v) is 10.1. The maximum Gasteiger partial charge on any atom is 0.389 e. The lowest BCUT2D eigenvalue weighted by Gasteiger charge is -2.31. The number of rotatable bonds is 9. The van der Waals surface area contributed by atoms with Gasteiger partial charge in [-0.3, -0.25) is 4.79 Å². The number of nitrogens with one attached hydrogen (secondary N) is 1. The van der Waals surface area contributed by atoms with Crippen molar-refractivity contribution in [1.29, 1.82) is 0 Å². The molecule has 4 rings (SSSR count). The van der Waals surface area contributed by atoms with Crippen LogP contribution in [0, 0.1) is 5.92 Å². The molecule has 42 heavy (non-hydrogen) atoms. The van der Waals surface area contributed by atoms with E-state index in [1.807, 2.05) is 42.5 Å². The number of methoxy groups -OCH3 is 1. The highest BCUT2D eigenvalue weighted by atomic mass is 19.4. The molecule has 9 nitrogen and oxygen atoms in total. The van der Waals surface area contributed by atoms with Gasteiger partial charge in [-0.1, -0.05) is 42.5 Å². The van der Waals surface area contributed by atoms with Gasteiger partial charge in [-0.25, -0.2) is 9.78 Å². The quantitative estimate of drug-likeness (QED) is 0.275. The highest BCUT2D eigenvalue weighted by molar-refractivity contribution is 5.98. The molecule has 226 valence electrons. The minimum atomic E-state index is -4.32. The van der Waals surface area contributed by atoms with Crippen LogP contribution in [0.2, 0.25) is 0 Å². The molecule has 1 aliphatic heterocycles. The van der Waals surface area contributed by atoms with Crippen LogP contribution in [0.4, 0.5) is 13.2 Å². The number of esters is 1. The van der Waals surface area contributed by atoms with Crippen molar-refractivity contribution in [2.45, 2.75) is 50.6 Å². The lowest BCUT2D eigenvalue weighted by atomic mass is 9.89. The van der Waals surface area contributed by atoms with Crippen molar-refractivity contribution in [3.63, 3.8) is 0 Å². The number of carbonyl (C=O) groups is 2. The Labute approximate surface area is 240 Å². The largest absolute Gasteiger partial charge is 0.503 e. The molecule has 4 unspecified atom stereocenters. The van der Waals surface area contributed by atoms with Gasteiger partial charge in [0.1, 0.15) is 6.10 Å². The van der Waals surface area contributed by atoms with Gasteiger partial charge in [0.2, 0.25) is 0 Å². The molecule has 2 aromatic carbocycles. The summed E-state index contributed by atoms with van der Waals surface area (Å²) in [5.41, 5.74) is 0.627. The van der Waals surface area contributed by atoms with Crippen LogP contribution in [0.5, 0.6) is 11.5 Å². The van der Waals surface area contributed by atoms with E-state index in [1.165, 1.54) is 19.4 Å². The van der Waals surface area contributed by atoms with E-state index in [4.69, 9.17) is 18.9 Å². The lowest BCUT2D eigenvalue weighted by Crippen LogP contribution is -2.46. The molecule has 0 radical (unpaired) electrons. The summed E-state index contributed by atoms with van der Waals surface area (Å²) in [7, 11) is 1.32. The topological polar surface area (TPSA) is 116 Å². The molecule has 2 N–H and O–H groups in total. The summed E-state index contributed by atoms with van der Waals surface area (Å²) in [5, 5.41) is 14.8. The third-order valence-electron chi connectivity index (χ3n) is 7.03. The SMILES string of the molecule is COc1ccnc(C(=O)NC2COCC(Cc3cccc4ccccc34)C(OCCCC(F)(F)F)C(C)OC2=O)c1O. The second kappa shape index (κ2) is 13.8. The van der Waals surface area contributed by atoms with Crippen LogP contribution >= 0.6 is 0 Å². The minimum Gasteiger partial charge on any atom is -0.503 e. The maximum atomic E-state index is 13.1. The molecule has 12 heteroatoms. The summed E-state index contributed by atoms with van der Waals surface area (Å²) >= 11 is 0. The molecule has 1 fully saturated rings. The Morgan fingerprint density at radius 3 is 2.67 bits per heavy atom. The van der Waals surface area contributed by atoms with Crippen LogP contribution < -0.4 is 10.1 Å². The number of fused-ring (bicyclic) bond motifs is 1. The zero-order chi connectivity index (χ0) is 30.3. The number of cyclic esters (lactones) is 1. The number of pyridine rings is 1. The van der Waals surface area contributed by atoms with Gasteiger partial charge in [0, 0.05) is 31.2 Å². The summed E-state index contributed by atoms with van der Waals surface area (Å²) < 4.78 is 60.8. The van der Waals surface area contributed by atoms with Crippen LogP contribution in [-0.2, 0) is 25.4 Å². The molecule has 1 amide bonds. The number of nitrogens with zero attached hydrogens (tertiary/aromatic N) is 1. The molecular formula is C30H33F3N2O7. The van der Waals surface area contributed by atoms with Crippen molar-refractivity contribution >= 4 is 22.6 Å². The number of hydrogen-bond acceptors (Lipinski definition) is 8. The number of aromatic hydroxyl groups is 1. The van der Waals surface area contributed by atoms with Crippen molar-refractivity contribution in [3.8, 4) is 11.5 Å². The van der Waals surface area contributed by atoms with E-state index in [0.717, 1.165) is 16.3 Å². The third-order valence-corrected chi connectivity index (χ3v) is 7.03. The van der Waals surface area contributed by atoms with Gasteiger partial charge in [0.25, 0.3) is 5.91 Å². The number of hydrogen-bond donors (Lipinski definition) is 2. The van der Waals surface area contributed by atoms with Crippen LogP contribution in [0.3, 0.4) is 0 Å². The van der Waals surface area contributed by atoms with Crippen molar-refractivity contribution in [3.05, 3.63) is 66.0 Å². The first-order valence-corrected chi connectivity index (χ1v) is 13.5. The first kappa shape index (κ1) is 31.0. The molecule has 4 atom stereocenters. The average molecular weight is 591 g/mol. The summed E-state index contributed by atoms with van der Waals surface area (Å²) in [5.74, 6) is -2.54. The van der Waals surface area contributed by atoms with Crippen molar-refractivity contribution < 1.29 is 46.8 Å². The molecule has 2 heterocycles. The monoisotopic (exact) mass is 590 g/mol. The van der Waals surface area contributed by atoms with E-state index in [-0.39, 0.29) is 37.7 Å². The molecule has 0 bridgehead atoms. The van der Waals surface area contributed by atoms with E-state index >= 15 is 0 Å². The fourth-order valence-corrected chi connectivity index (χ4v) is 5.00. The Morgan fingerprint density at radius 2 is 1.90 bits per heavy atom. The van der Waals surface area contributed by atoms with Crippen molar-refractivity contribution in [2.75, 3.05) is 26.9 Å². The van der Waals surface area contributed by atoms with Gasteiger partial charge in [-0.2, -0.15) is 13.2 Å². The molecule has 0 saturated carbocycles. The van der Waals surface area contributed by atoms with Crippen molar-refractivity contribution in [2.24, 2.45) is 5.92 Å². The number of benzene rings is 2. The van der Waals surface area contributed by atoms with Crippen LogP contribution in [0.15, 0.2) is 54.7 Å². The summed E-state index contributed by atoms with van der Waals surface area (Å²) in [6, 6.07) is 13.8. The Balaban J connectivity index is 1.55. The van der Waals surface area contributed by atoms with Crippen LogP contribution in [-0.4, -0.2) is 73.3 Å². The van der Waals surface area contributed by atoms with Gasteiger partial charge in [0.05, 0.1) is 26.4 Å². The molecular weight excluding hydrogens is 557 g/mol. The van der Waals surface area contributed by atoms with Gasteiger partial charge in [-0.15, -0.1) is 0 Å². The van der Waals surface area contributed by atoms with E-state index in [1.54, 1.807) is 6.92 Å². The Kier molecular flexibility index (Phi) is 10.2. The number of ether oxygens (including phenoxy) is 4. The first-order chi connectivity index (χ1) is 20.1. The minimum absolute atomic E-state index is 0.0267. The van der Waals surface area contributed by atoms with Gasteiger partial charge < -0.3 is 29.4 Å². The third kappa shape index (κ3) is 7.89.